The first-order chi connectivity index (χ1) is 16.0. The minimum absolute atomic E-state index is 0.0376. The van der Waals surface area contributed by atoms with Gasteiger partial charge in [0, 0.05) is 37.1 Å². The summed E-state index contributed by atoms with van der Waals surface area (Å²) in [5, 5.41) is 11.1. The van der Waals surface area contributed by atoms with Gasteiger partial charge in [-0.25, -0.2) is 4.98 Å². The highest BCUT2D eigenvalue weighted by Gasteiger charge is 2.28. The molecule has 1 aliphatic heterocycles. The molecule has 3 heterocycles. The molecule has 170 valence electrons. The molecule has 0 spiro atoms. The number of carbonyl (C=O) groups is 2. The van der Waals surface area contributed by atoms with Crippen LogP contribution in [0.5, 0.6) is 0 Å². The number of aromatic nitrogens is 4. The molecule has 2 N–H and O–H groups in total. The lowest BCUT2D eigenvalue weighted by Crippen LogP contribution is -2.41. The zero-order chi connectivity index (χ0) is 22.9. The number of imidazole rings is 1. The number of hydrogen-bond acceptors (Lipinski definition) is 4. The topological polar surface area (TPSA) is 95.9 Å². The zero-order valence-electron chi connectivity index (χ0n) is 19.0. The summed E-state index contributed by atoms with van der Waals surface area (Å²) in [6.07, 6.45) is 4.00. The number of nitrogens with zero attached hydrogens (tertiary/aromatic N) is 4. The molecule has 8 nitrogen and oxygen atoms in total. The number of piperidine rings is 1. The summed E-state index contributed by atoms with van der Waals surface area (Å²) in [5.74, 6) is 0.0102. The number of nitrogens with one attached hydrogen (secondary N) is 2. The van der Waals surface area contributed by atoms with Crippen molar-refractivity contribution in [1.29, 1.82) is 0 Å². The molecule has 1 aliphatic rings. The zero-order valence-corrected chi connectivity index (χ0v) is 19.0. The van der Waals surface area contributed by atoms with E-state index < -0.39 is 0 Å². The van der Waals surface area contributed by atoms with Crippen molar-refractivity contribution in [3.63, 3.8) is 0 Å². The Hall–Kier alpha value is -3.68. The van der Waals surface area contributed by atoms with Crippen LogP contribution in [-0.4, -0.2) is 49.6 Å². The van der Waals surface area contributed by atoms with Crippen molar-refractivity contribution in [3.05, 3.63) is 54.0 Å². The van der Waals surface area contributed by atoms with Crippen molar-refractivity contribution < 1.29 is 9.59 Å². The summed E-state index contributed by atoms with van der Waals surface area (Å²) in [6, 6.07) is 11.7. The minimum Gasteiger partial charge on any atom is -0.337 e. The van der Waals surface area contributed by atoms with E-state index in [9.17, 15) is 9.59 Å². The van der Waals surface area contributed by atoms with Gasteiger partial charge in [-0.05, 0) is 62.9 Å². The van der Waals surface area contributed by atoms with Gasteiger partial charge in [-0.15, -0.1) is 0 Å². The van der Waals surface area contributed by atoms with Crippen LogP contribution in [0.4, 0.5) is 5.69 Å². The van der Waals surface area contributed by atoms with Gasteiger partial charge in [0.25, 0.3) is 5.91 Å². The first kappa shape index (κ1) is 21.2. The molecule has 0 aliphatic carbocycles. The van der Waals surface area contributed by atoms with Crippen LogP contribution < -0.4 is 5.32 Å². The number of anilines is 1. The molecule has 33 heavy (non-hydrogen) atoms. The van der Waals surface area contributed by atoms with E-state index in [0.29, 0.717) is 25.2 Å². The monoisotopic (exact) mass is 444 g/mol. The molecule has 0 radical (unpaired) electrons. The lowest BCUT2D eigenvalue weighted by Gasteiger charge is -2.32. The maximum absolute atomic E-state index is 13.2. The molecule has 2 aromatic carbocycles. The van der Waals surface area contributed by atoms with Crippen molar-refractivity contribution in [3.8, 4) is 0 Å². The fourth-order valence-corrected chi connectivity index (χ4v) is 4.72. The molecule has 5 rings (SSSR count). The maximum Gasteiger partial charge on any atom is 0.275 e. The van der Waals surface area contributed by atoms with Crippen molar-refractivity contribution in [1.82, 2.24) is 24.6 Å². The highest BCUT2D eigenvalue weighted by Crippen LogP contribution is 2.25. The normalized spacial score (nSPS) is 16.4. The average Bonchev–Trinajstić information content (AvgIpc) is 3.41. The first-order valence-corrected chi connectivity index (χ1v) is 11.5. The van der Waals surface area contributed by atoms with Gasteiger partial charge in [-0.3, -0.25) is 14.7 Å². The van der Waals surface area contributed by atoms with Crippen molar-refractivity contribution in [2.24, 2.45) is 5.92 Å². The van der Waals surface area contributed by atoms with Crippen LogP contribution in [-0.2, 0) is 11.3 Å². The Kier molecular flexibility index (Phi) is 5.58. The lowest BCUT2D eigenvalue weighted by molar-refractivity contribution is -0.117. The number of amides is 2. The first-order valence-electron chi connectivity index (χ1n) is 11.5. The standard InChI is InChI=1S/C25H28N6O2/c1-3-30-15-26-21-13-18(7-9-22(21)30)27-23(32)12-17-5-4-10-31(14-17)25(33)24-19-11-16(2)6-8-20(19)28-29-24/h6-9,11,13,15,17H,3-5,10,12,14H2,1-2H3,(H,27,32)(H,28,29)/t17-/m1/s1. The van der Waals surface area contributed by atoms with E-state index in [2.05, 4.69) is 32.0 Å². The molecule has 1 atom stereocenters. The molecule has 2 aromatic heterocycles. The van der Waals surface area contributed by atoms with Gasteiger partial charge in [0.1, 0.15) is 0 Å². The second-order valence-corrected chi connectivity index (χ2v) is 8.87. The summed E-state index contributed by atoms with van der Waals surface area (Å²) in [7, 11) is 0. The lowest BCUT2D eigenvalue weighted by atomic mass is 9.94. The van der Waals surface area contributed by atoms with Crippen LogP contribution >= 0.6 is 0 Å². The summed E-state index contributed by atoms with van der Waals surface area (Å²) < 4.78 is 2.07. The van der Waals surface area contributed by atoms with E-state index >= 15 is 0 Å². The number of H-pyrrole nitrogens is 1. The van der Waals surface area contributed by atoms with Crippen LogP contribution in [0.3, 0.4) is 0 Å². The van der Waals surface area contributed by atoms with Crippen LogP contribution in [0.25, 0.3) is 21.9 Å². The second kappa shape index (κ2) is 8.69. The fourth-order valence-electron chi connectivity index (χ4n) is 4.72. The molecule has 0 saturated carbocycles. The molecular formula is C25H28N6O2. The Morgan fingerprint density at radius 2 is 2.09 bits per heavy atom. The summed E-state index contributed by atoms with van der Waals surface area (Å²) >= 11 is 0. The number of benzene rings is 2. The number of carbonyl (C=O) groups excluding carboxylic acids is 2. The van der Waals surface area contributed by atoms with E-state index in [1.54, 1.807) is 0 Å². The number of rotatable bonds is 5. The van der Waals surface area contributed by atoms with Crippen molar-refractivity contribution in [2.75, 3.05) is 18.4 Å². The SMILES string of the molecule is CCn1cnc2cc(NC(=O)C[C@H]3CCCN(C(=O)c4n[nH]c5ccc(C)cc45)C3)ccc21. The Morgan fingerprint density at radius 1 is 1.21 bits per heavy atom. The molecule has 2 amide bonds. The Labute approximate surface area is 192 Å². The van der Waals surface area contributed by atoms with Crippen LogP contribution in [0.15, 0.2) is 42.7 Å². The minimum atomic E-state index is -0.0751. The molecule has 1 saturated heterocycles. The predicted molar refractivity (Wildman–Crippen MR) is 128 cm³/mol. The molecule has 4 aromatic rings. The van der Waals surface area contributed by atoms with Crippen LogP contribution in [0, 0.1) is 12.8 Å². The largest absolute Gasteiger partial charge is 0.337 e. The van der Waals surface area contributed by atoms with Gasteiger partial charge < -0.3 is 14.8 Å². The van der Waals surface area contributed by atoms with E-state index in [-0.39, 0.29) is 17.7 Å². The van der Waals surface area contributed by atoms with E-state index in [1.165, 1.54) is 0 Å². The van der Waals surface area contributed by atoms with E-state index in [0.717, 1.165) is 52.6 Å². The van der Waals surface area contributed by atoms with Gasteiger partial charge in [-0.1, -0.05) is 11.6 Å². The summed E-state index contributed by atoms with van der Waals surface area (Å²) in [4.78, 5) is 32.2. The molecule has 8 heteroatoms. The van der Waals surface area contributed by atoms with Gasteiger partial charge in [0.05, 0.1) is 22.9 Å². The predicted octanol–water partition coefficient (Wildman–Crippen LogP) is 4.12. The summed E-state index contributed by atoms with van der Waals surface area (Å²) in [5.41, 5.74) is 5.07. The summed E-state index contributed by atoms with van der Waals surface area (Å²) in [6.45, 7) is 6.18. The van der Waals surface area contributed by atoms with E-state index in [4.69, 9.17) is 0 Å². The third-order valence-corrected chi connectivity index (χ3v) is 6.45. The quantitative estimate of drug-likeness (QED) is 0.484. The van der Waals surface area contributed by atoms with Crippen molar-refractivity contribution in [2.45, 2.75) is 39.7 Å². The van der Waals surface area contributed by atoms with Crippen LogP contribution in [0.2, 0.25) is 0 Å². The molecule has 0 unspecified atom stereocenters. The van der Waals surface area contributed by atoms with Crippen molar-refractivity contribution >= 4 is 39.4 Å². The van der Waals surface area contributed by atoms with Gasteiger partial charge >= 0.3 is 0 Å². The average molecular weight is 445 g/mol. The Bertz CT molecular complexity index is 1340. The Morgan fingerprint density at radius 3 is 2.94 bits per heavy atom. The number of fused-ring (bicyclic) bond motifs is 2. The smallest absolute Gasteiger partial charge is 0.275 e. The third-order valence-electron chi connectivity index (χ3n) is 6.45. The number of likely N-dealkylation sites (tertiary alicyclic amines) is 1. The van der Waals surface area contributed by atoms with Crippen LogP contribution in [0.1, 0.15) is 42.2 Å². The number of aromatic amines is 1. The number of hydrogen-bond donors (Lipinski definition) is 2. The number of aryl methyl sites for hydroxylation is 2. The molecular weight excluding hydrogens is 416 g/mol. The molecule has 0 bridgehead atoms. The van der Waals surface area contributed by atoms with Gasteiger partial charge in [-0.2, -0.15) is 5.10 Å². The van der Waals surface area contributed by atoms with Gasteiger partial charge in [0.2, 0.25) is 5.91 Å². The third kappa shape index (κ3) is 4.20. The van der Waals surface area contributed by atoms with E-state index in [1.807, 2.05) is 54.5 Å². The highest BCUT2D eigenvalue weighted by atomic mass is 16.2. The second-order valence-electron chi connectivity index (χ2n) is 8.87. The molecule has 1 fully saturated rings. The van der Waals surface area contributed by atoms with Gasteiger partial charge in [0.15, 0.2) is 5.69 Å². The Balaban J connectivity index is 1.23. The fraction of sp³-hybridized carbons (Fsp3) is 0.360. The highest BCUT2D eigenvalue weighted by molar-refractivity contribution is 6.05. The maximum atomic E-state index is 13.2.